The summed E-state index contributed by atoms with van der Waals surface area (Å²) in [7, 11) is 0. The predicted octanol–water partition coefficient (Wildman–Crippen LogP) is 16.3. The summed E-state index contributed by atoms with van der Waals surface area (Å²) in [6.45, 7) is 5.95. The van der Waals surface area contributed by atoms with E-state index in [4.69, 9.17) is 18.9 Å². The first-order valence-corrected chi connectivity index (χ1v) is 25.5. The zero-order chi connectivity index (χ0) is 51.5. The van der Waals surface area contributed by atoms with Gasteiger partial charge in [-0.25, -0.2) is 28.0 Å². The molecule has 10 heteroatoms. The molecule has 0 heterocycles. The lowest BCUT2D eigenvalue weighted by atomic mass is 10.00. The van der Waals surface area contributed by atoms with Crippen LogP contribution in [-0.2, 0) is 12.8 Å². The molecule has 7 rings (SSSR count). The first-order valence-electron chi connectivity index (χ1n) is 25.5. The molecule has 0 amide bonds. The average Bonchev–Trinajstić information content (AvgIpc) is 3.40. The lowest BCUT2D eigenvalue weighted by Gasteiger charge is -2.13. The Hall–Kier alpha value is -7.72. The summed E-state index contributed by atoms with van der Waals surface area (Å²) in [5.74, 6) is -5.87. The van der Waals surface area contributed by atoms with E-state index in [0.717, 1.165) is 59.4 Å². The summed E-state index contributed by atoms with van der Waals surface area (Å²) in [6, 6.07) is 41.6. The van der Waals surface area contributed by atoms with Gasteiger partial charge in [-0.05, 0) is 127 Å². The van der Waals surface area contributed by atoms with Crippen molar-refractivity contribution >= 4 is 23.9 Å². The van der Waals surface area contributed by atoms with Gasteiger partial charge in [-0.2, -0.15) is 0 Å². The Labute approximate surface area is 427 Å². The Bertz CT molecular complexity index is 2760. The highest BCUT2D eigenvalue weighted by atomic mass is 19.1. The van der Waals surface area contributed by atoms with Gasteiger partial charge in [0.2, 0.25) is 0 Å². The molecule has 0 fully saturated rings. The highest BCUT2D eigenvalue weighted by molar-refractivity contribution is 5.95. The standard InChI is InChI=1S/C63H62F2O8/c1-4-6-8-10-12-14-17-44-21-25-46(26-22-44)48-29-33-50(34-30-48)60(66)70-52-37-39-54(56(64)41-52)62(68)72-58-19-16-20-59(43(58)3)73-63(69)55-40-38-53(42-57(55)65)71-61(67)51-35-31-49(32-36-51)47-27-23-45(24-28-47)18-15-13-11-9-7-5-2/h16,19-42H,4-15,17-18H2,1-3H3. The Balaban J connectivity index is 0.881. The number of aryl methyl sites for hydroxylation is 2. The Morgan fingerprint density at radius 3 is 1.08 bits per heavy atom. The fourth-order valence-corrected chi connectivity index (χ4v) is 8.45. The maximum atomic E-state index is 15.3. The van der Waals surface area contributed by atoms with Crippen molar-refractivity contribution in [2.75, 3.05) is 0 Å². The normalized spacial score (nSPS) is 11.0. The van der Waals surface area contributed by atoms with E-state index in [-0.39, 0.29) is 39.7 Å². The monoisotopic (exact) mass is 984 g/mol. The van der Waals surface area contributed by atoms with Crippen molar-refractivity contribution in [2.24, 2.45) is 0 Å². The topological polar surface area (TPSA) is 105 Å². The van der Waals surface area contributed by atoms with Crippen molar-refractivity contribution in [3.05, 3.63) is 202 Å². The molecule has 73 heavy (non-hydrogen) atoms. The summed E-state index contributed by atoms with van der Waals surface area (Å²) in [6.07, 6.45) is 17.1. The van der Waals surface area contributed by atoms with E-state index in [1.54, 1.807) is 24.3 Å². The number of ether oxygens (including phenoxy) is 4. The first kappa shape index (κ1) is 53.1. The van der Waals surface area contributed by atoms with Gasteiger partial charge in [0.25, 0.3) is 0 Å². The van der Waals surface area contributed by atoms with Crippen LogP contribution in [0.2, 0.25) is 0 Å². The average molecular weight is 985 g/mol. The second-order valence-corrected chi connectivity index (χ2v) is 18.3. The molecular formula is C63H62F2O8. The van der Waals surface area contributed by atoms with Crippen LogP contribution in [-0.4, -0.2) is 23.9 Å². The number of unbranched alkanes of at least 4 members (excludes halogenated alkanes) is 10. The van der Waals surface area contributed by atoms with E-state index in [9.17, 15) is 19.2 Å². The zero-order valence-electron chi connectivity index (χ0n) is 41.9. The van der Waals surface area contributed by atoms with Crippen LogP contribution in [0.3, 0.4) is 0 Å². The smallest absolute Gasteiger partial charge is 0.346 e. The minimum Gasteiger partial charge on any atom is -0.423 e. The van der Waals surface area contributed by atoms with Crippen LogP contribution in [0.4, 0.5) is 8.78 Å². The molecule has 0 atom stereocenters. The molecule has 0 N–H and O–H groups in total. The third kappa shape index (κ3) is 15.2. The van der Waals surface area contributed by atoms with Gasteiger partial charge in [0, 0.05) is 17.7 Å². The molecule has 0 saturated carbocycles. The second kappa shape index (κ2) is 26.6. The van der Waals surface area contributed by atoms with Crippen molar-refractivity contribution in [1.82, 2.24) is 0 Å². The molecule has 0 saturated heterocycles. The van der Waals surface area contributed by atoms with Crippen LogP contribution in [0.5, 0.6) is 23.0 Å². The molecule has 0 unspecified atom stereocenters. The first-order chi connectivity index (χ1) is 35.5. The zero-order valence-corrected chi connectivity index (χ0v) is 41.9. The minimum atomic E-state index is -1.07. The predicted molar refractivity (Wildman–Crippen MR) is 282 cm³/mol. The van der Waals surface area contributed by atoms with Crippen molar-refractivity contribution in [3.8, 4) is 45.3 Å². The Morgan fingerprint density at radius 1 is 0.384 bits per heavy atom. The Morgan fingerprint density at radius 2 is 0.726 bits per heavy atom. The van der Waals surface area contributed by atoms with Crippen molar-refractivity contribution in [1.29, 1.82) is 0 Å². The molecule has 0 aliphatic carbocycles. The molecular weight excluding hydrogens is 923 g/mol. The van der Waals surface area contributed by atoms with E-state index in [0.29, 0.717) is 0 Å². The molecule has 0 spiro atoms. The quantitative estimate of drug-likeness (QED) is 0.0335. The fourth-order valence-electron chi connectivity index (χ4n) is 8.45. The summed E-state index contributed by atoms with van der Waals surface area (Å²) < 4.78 is 52.5. The van der Waals surface area contributed by atoms with Crippen LogP contribution in [0.15, 0.2) is 152 Å². The maximum Gasteiger partial charge on any atom is 0.346 e. The number of hydrogen-bond acceptors (Lipinski definition) is 8. The van der Waals surface area contributed by atoms with Gasteiger partial charge in [-0.3, -0.25) is 0 Å². The third-order valence-corrected chi connectivity index (χ3v) is 12.8. The number of hydrogen-bond donors (Lipinski definition) is 0. The van der Waals surface area contributed by atoms with E-state index in [1.807, 2.05) is 24.3 Å². The molecule has 0 aliphatic rings. The molecule has 0 bridgehead atoms. The van der Waals surface area contributed by atoms with Crippen LogP contribution < -0.4 is 18.9 Å². The molecule has 7 aromatic rings. The third-order valence-electron chi connectivity index (χ3n) is 12.8. The summed E-state index contributed by atoms with van der Waals surface area (Å²) >= 11 is 0. The fraction of sp³-hybridized carbons (Fsp3) is 0.270. The minimum absolute atomic E-state index is 0.0507. The van der Waals surface area contributed by atoms with Gasteiger partial charge >= 0.3 is 23.9 Å². The number of carbonyl (C=O) groups excluding carboxylic acids is 4. The highest BCUT2D eigenvalue weighted by Crippen LogP contribution is 2.31. The summed E-state index contributed by atoms with van der Waals surface area (Å²) in [5.41, 5.74) is 6.33. The van der Waals surface area contributed by atoms with Gasteiger partial charge in [0.15, 0.2) is 0 Å². The van der Waals surface area contributed by atoms with Crippen molar-refractivity contribution < 1.29 is 46.9 Å². The molecule has 376 valence electrons. The van der Waals surface area contributed by atoms with Crippen LogP contribution in [0, 0.1) is 18.6 Å². The van der Waals surface area contributed by atoms with E-state index in [2.05, 4.69) is 62.4 Å². The largest absolute Gasteiger partial charge is 0.423 e. The van der Waals surface area contributed by atoms with Crippen LogP contribution >= 0.6 is 0 Å². The Kier molecular flexibility index (Phi) is 19.4. The number of halogens is 2. The molecule has 8 nitrogen and oxygen atoms in total. The molecule has 0 radical (unpaired) electrons. The number of esters is 4. The van der Waals surface area contributed by atoms with E-state index >= 15 is 8.78 Å². The molecule has 7 aromatic carbocycles. The van der Waals surface area contributed by atoms with Gasteiger partial charge in [0.1, 0.15) is 34.6 Å². The van der Waals surface area contributed by atoms with E-state index < -0.39 is 46.6 Å². The molecule has 0 aliphatic heterocycles. The number of carbonyl (C=O) groups is 4. The number of benzene rings is 7. The summed E-state index contributed by atoms with van der Waals surface area (Å²) in [5, 5.41) is 0. The molecule has 0 aromatic heterocycles. The lowest BCUT2D eigenvalue weighted by molar-refractivity contribution is 0.0719. The van der Waals surface area contributed by atoms with Gasteiger partial charge in [-0.15, -0.1) is 0 Å². The van der Waals surface area contributed by atoms with Crippen LogP contribution in [0.1, 0.15) is 149 Å². The highest BCUT2D eigenvalue weighted by Gasteiger charge is 2.22. The van der Waals surface area contributed by atoms with Gasteiger partial charge < -0.3 is 18.9 Å². The van der Waals surface area contributed by atoms with Gasteiger partial charge in [-0.1, -0.05) is 157 Å². The second-order valence-electron chi connectivity index (χ2n) is 18.3. The maximum absolute atomic E-state index is 15.3. The van der Waals surface area contributed by atoms with Gasteiger partial charge in [0.05, 0.1) is 22.3 Å². The summed E-state index contributed by atoms with van der Waals surface area (Å²) in [4.78, 5) is 52.3. The van der Waals surface area contributed by atoms with E-state index in [1.165, 1.54) is 125 Å². The van der Waals surface area contributed by atoms with Crippen LogP contribution in [0.25, 0.3) is 22.3 Å². The lowest BCUT2D eigenvalue weighted by Crippen LogP contribution is -2.14. The van der Waals surface area contributed by atoms with Crippen molar-refractivity contribution in [2.45, 2.75) is 111 Å². The SMILES string of the molecule is CCCCCCCCc1ccc(-c2ccc(C(=O)Oc3ccc(C(=O)Oc4cccc(OC(=O)c5ccc(OC(=O)c6ccc(-c7ccc(CCCCCCCC)cc7)cc6)cc5F)c4C)c(F)c3)cc2)cc1. The number of rotatable bonds is 24. The van der Waals surface area contributed by atoms with Crippen molar-refractivity contribution in [3.63, 3.8) is 0 Å².